The fourth-order valence-electron chi connectivity index (χ4n) is 2.12. The molecule has 0 aromatic heterocycles. The first-order valence-corrected chi connectivity index (χ1v) is 5.89. The van der Waals surface area contributed by atoms with E-state index in [2.05, 4.69) is 5.32 Å². The highest BCUT2D eigenvalue weighted by atomic mass is 16.2. The molecule has 1 fully saturated rings. The number of nitrogens with two attached hydrogens (primary N) is 1. The number of carbonyl (C=O) groups excluding carboxylic acids is 2. The predicted molar refractivity (Wildman–Crippen MR) is 61.7 cm³/mol. The minimum absolute atomic E-state index is 0.0884. The molecule has 0 radical (unpaired) electrons. The molecule has 1 unspecified atom stereocenters. The van der Waals surface area contributed by atoms with Crippen LogP contribution in [0.15, 0.2) is 0 Å². The van der Waals surface area contributed by atoms with Gasteiger partial charge in [-0.05, 0) is 19.3 Å². The van der Waals surface area contributed by atoms with Crippen molar-refractivity contribution in [2.24, 2.45) is 5.73 Å². The Kier molecular flexibility index (Phi) is 4.73. The van der Waals surface area contributed by atoms with Gasteiger partial charge in [-0.1, -0.05) is 13.3 Å². The number of carbonyl (C=O) groups is 2. The van der Waals surface area contributed by atoms with Crippen LogP contribution >= 0.6 is 0 Å². The molecule has 1 saturated heterocycles. The summed E-state index contributed by atoms with van der Waals surface area (Å²) >= 11 is 0. The maximum atomic E-state index is 12.0. The van der Waals surface area contributed by atoms with Crippen molar-refractivity contribution in [3.05, 3.63) is 0 Å². The van der Waals surface area contributed by atoms with Crippen LogP contribution in [0, 0.1) is 0 Å². The summed E-state index contributed by atoms with van der Waals surface area (Å²) in [6.07, 6.45) is 3.17. The zero-order chi connectivity index (χ0) is 12.1. The largest absolute Gasteiger partial charge is 0.357 e. The van der Waals surface area contributed by atoms with Crippen molar-refractivity contribution in [3.8, 4) is 0 Å². The first-order chi connectivity index (χ1) is 7.61. The monoisotopic (exact) mass is 227 g/mol. The second-order valence-electron chi connectivity index (χ2n) is 4.20. The standard InChI is InChI=1S/C11H21N3O2/c1-3-5-8(12)11(16)14-7-4-6-9(14)10(15)13-2/h8-9H,3-7,12H2,1-2H3,(H,13,15)/t8-,9?/m1/s1. The first kappa shape index (κ1) is 13.0. The van der Waals surface area contributed by atoms with Crippen molar-refractivity contribution < 1.29 is 9.59 Å². The van der Waals surface area contributed by atoms with Crippen LogP contribution in [0.3, 0.4) is 0 Å². The van der Waals surface area contributed by atoms with E-state index in [1.54, 1.807) is 11.9 Å². The summed E-state index contributed by atoms with van der Waals surface area (Å²) in [7, 11) is 1.59. The van der Waals surface area contributed by atoms with Crippen LogP contribution in [0.4, 0.5) is 0 Å². The highest BCUT2D eigenvalue weighted by Gasteiger charge is 2.35. The molecule has 1 aliphatic rings. The van der Waals surface area contributed by atoms with E-state index < -0.39 is 6.04 Å². The average molecular weight is 227 g/mol. The predicted octanol–water partition coefficient (Wildman–Crippen LogP) is -0.149. The minimum atomic E-state index is -0.463. The van der Waals surface area contributed by atoms with Gasteiger partial charge < -0.3 is 16.0 Å². The zero-order valence-electron chi connectivity index (χ0n) is 10.0. The molecule has 0 spiro atoms. The molecule has 1 heterocycles. The van der Waals surface area contributed by atoms with Crippen molar-refractivity contribution in [2.45, 2.75) is 44.7 Å². The number of hydrogen-bond donors (Lipinski definition) is 2. The zero-order valence-corrected chi connectivity index (χ0v) is 10.0. The number of rotatable bonds is 4. The van der Waals surface area contributed by atoms with E-state index in [9.17, 15) is 9.59 Å². The third kappa shape index (κ3) is 2.72. The molecule has 1 rings (SSSR count). The second kappa shape index (κ2) is 5.84. The van der Waals surface area contributed by atoms with E-state index in [4.69, 9.17) is 5.73 Å². The summed E-state index contributed by atoms with van der Waals surface area (Å²) in [5, 5.41) is 2.59. The normalized spacial score (nSPS) is 21.9. The van der Waals surface area contributed by atoms with E-state index in [1.165, 1.54) is 0 Å². The van der Waals surface area contributed by atoms with Crippen LogP contribution in [0.1, 0.15) is 32.6 Å². The number of nitrogens with one attached hydrogen (secondary N) is 1. The number of hydrogen-bond acceptors (Lipinski definition) is 3. The van der Waals surface area contributed by atoms with E-state index in [-0.39, 0.29) is 17.9 Å². The van der Waals surface area contributed by atoms with Crippen molar-refractivity contribution in [1.82, 2.24) is 10.2 Å². The van der Waals surface area contributed by atoms with Crippen LogP contribution in [0.25, 0.3) is 0 Å². The molecule has 5 heteroatoms. The third-order valence-corrected chi connectivity index (χ3v) is 3.00. The van der Waals surface area contributed by atoms with Gasteiger partial charge in [-0.3, -0.25) is 9.59 Å². The maximum absolute atomic E-state index is 12.0. The topological polar surface area (TPSA) is 75.4 Å². The van der Waals surface area contributed by atoms with Gasteiger partial charge in [-0.25, -0.2) is 0 Å². The van der Waals surface area contributed by atoms with Crippen molar-refractivity contribution in [3.63, 3.8) is 0 Å². The Hall–Kier alpha value is -1.10. The highest BCUT2D eigenvalue weighted by molar-refractivity contribution is 5.90. The van der Waals surface area contributed by atoms with Gasteiger partial charge in [0.15, 0.2) is 0 Å². The molecule has 0 saturated carbocycles. The third-order valence-electron chi connectivity index (χ3n) is 3.00. The Labute approximate surface area is 96.4 Å². The molecule has 2 atom stereocenters. The Balaban J connectivity index is 2.64. The Morgan fingerprint density at radius 3 is 2.81 bits per heavy atom. The molecule has 92 valence electrons. The molecular weight excluding hydrogens is 206 g/mol. The fraction of sp³-hybridized carbons (Fsp3) is 0.818. The van der Waals surface area contributed by atoms with Crippen LogP contribution in [0.2, 0.25) is 0 Å². The minimum Gasteiger partial charge on any atom is -0.357 e. The second-order valence-corrected chi connectivity index (χ2v) is 4.20. The van der Waals surface area contributed by atoms with Crippen LogP contribution in [-0.2, 0) is 9.59 Å². The van der Waals surface area contributed by atoms with Gasteiger partial charge in [0.05, 0.1) is 6.04 Å². The number of amides is 2. The van der Waals surface area contributed by atoms with E-state index in [1.807, 2.05) is 6.92 Å². The van der Waals surface area contributed by atoms with Gasteiger partial charge in [0.2, 0.25) is 11.8 Å². The van der Waals surface area contributed by atoms with Crippen LogP contribution < -0.4 is 11.1 Å². The maximum Gasteiger partial charge on any atom is 0.242 e. The lowest BCUT2D eigenvalue weighted by Gasteiger charge is -2.26. The van der Waals surface area contributed by atoms with Gasteiger partial charge in [0.25, 0.3) is 0 Å². The summed E-state index contributed by atoms with van der Waals surface area (Å²) < 4.78 is 0. The number of likely N-dealkylation sites (tertiary alicyclic amines) is 1. The molecule has 0 aromatic carbocycles. The fourth-order valence-corrected chi connectivity index (χ4v) is 2.12. The van der Waals surface area contributed by atoms with Gasteiger partial charge >= 0.3 is 0 Å². The molecule has 0 aliphatic carbocycles. The average Bonchev–Trinajstić information content (AvgIpc) is 2.76. The van der Waals surface area contributed by atoms with Crippen molar-refractivity contribution >= 4 is 11.8 Å². The molecule has 0 aromatic rings. The molecule has 1 aliphatic heterocycles. The highest BCUT2D eigenvalue weighted by Crippen LogP contribution is 2.18. The lowest BCUT2D eigenvalue weighted by Crippen LogP contribution is -2.50. The first-order valence-electron chi connectivity index (χ1n) is 5.89. The van der Waals surface area contributed by atoms with Gasteiger partial charge in [0.1, 0.15) is 6.04 Å². The van der Waals surface area contributed by atoms with Crippen molar-refractivity contribution in [2.75, 3.05) is 13.6 Å². The summed E-state index contributed by atoms with van der Waals surface area (Å²) in [5.74, 6) is -0.178. The Bertz CT molecular complexity index is 268. The van der Waals surface area contributed by atoms with E-state index in [0.29, 0.717) is 13.0 Å². The lowest BCUT2D eigenvalue weighted by molar-refractivity contribution is -0.139. The molecule has 3 N–H and O–H groups in total. The lowest BCUT2D eigenvalue weighted by atomic mass is 10.1. The molecule has 5 nitrogen and oxygen atoms in total. The van der Waals surface area contributed by atoms with Gasteiger partial charge in [0, 0.05) is 13.6 Å². The number of likely N-dealkylation sites (N-methyl/N-ethyl adjacent to an activating group) is 1. The van der Waals surface area contributed by atoms with Crippen molar-refractivity contribution in [1.29, 1.82) is 0 Å². The summed E-state index contributed by atoms with van der Waals surface area (Å²) in [5.41, 5.74) is 5.79. The van der Waals surface area contributed by atoms with Crippen LogP contribution in [-0.4, -0.2) is 42.4 Å². The Morgan fingerprint density at radius 2 is 2.25 bits per heavy atom. The van der Waals surface area contributed by atoms with Gasteiger partial charge in [-0.2, -0.15) is 0 Å². The van der Waals surface area contributed by atoms with Crippen LogP contribution in [0.5, 0.6) is 0 Å². The van der Waals surface area contributed by atoms with E-state index >= 15 is 0 Å². The molecule has 16 heavy (non-hydrogen) atoms. The number of nitrogens with zero attached hydrogens (tertiary/aromatic N) is 1. The summed E-state index contributed by atoms with van der Waals surface area (Å²) in [6, 6.07) is -0.782. The summed E-state index contributed by atoms with van der Waals surface area (Å²) in [6.45, 7) is 2.64. The van der Waals surface area contributed by atoms with E-state index in [0.717, 1.165) is 19.3 Å². The smallest absolute Gasteiger partial charge is 0.242 e. The van der Waals surface area contributed by atoms with Gasteiger partial charge in [-0.15, -0.1) is 0 Å². The Morgan fingerprint density at radius 1 is 1.56 bits per heavy atom. The molecule has 2 amide bonds. The summed E-state index contributed by atoms with van der Waals surface area (Å²) in [4.78, 5) is 25.2. The SMILES string of the molecule is CCC[C@@H](N)C(=O)N1CCCC1C(=O)NC. The quantitative estimate of drug-likeness (QED) is 0.701. The molecule has 0 bridgehead atoms. The molecular formula is C11H21N3O2.